The normalized spacial score (nSPS) is 12.5. The molecule has 2 rings (SSSR count). The van der Waals surface area contributed by atoms with E-state index >= 15 is 0 Å². The van der Waals surface area contributed by atoms with Gasteiger partial charge in [-0.1, -0.05) is 25.1 Å². The van der Waals surface area contributed by atoms with Gasteiger partial charge in [-0.3, -0.25) is 0 Å². The number of hydrogen-bond acceptors (Lipinski definition) is 3. The Labute approximate surface area is 112 Å². The average molecular weight is 261 g/mol. The second kappa shape index (κ2) is 6.57. The molecule has 0 aliphatic carbocycles. The summed E-state index contributed by atoms with van der Waals surface area (Å²) in [5.41, 5.74) is 1.26. The van der Waals surface area contributed by atoms with Crippen LogP contribution < -0.4 is 5.32 Å². The van der Waals surface area contributed by atoms with Crippen LogP contribution in [0.3, 0.4) is 0 Å². The molecule has 0 radical (unpaired) electrons. The first kappa shape index (κ1) is 13.1. The van der Waals surface area contributed by atoms with E-state index in [-0.39, 0.29) is 0 Å². The number of phenolic OH excluding ortho intramolecular Hbond substituents is 1. The smallest absolute Gasteiger partial charge is 0.115 e. The largest absolute Gasteiger partial charge is 0.508 e. The molecule has 96 valence electrons. The Morgan fingerprint density at radius 3 is 2.56 bits per heavy atom. The molecule has 0 amide bonds. The number of likely N-dealkylation sites (N-methyl/N-ethyl adjacent to an activating group) is 1. The van der Waals surface area contributed by atoms with Crippen molar-refractivity contribution >= 4 is 11.3 Å². The third-order valence-electron chi connectivity index (χ3n) is 2.94. The number of hydrogen-bond donors (Lipinski definition) is 2. The summed E-state index contributed by atoms with van der Waals surface area (Å²) >= 11 is 1.81. The maximum atomic E-state index is 9.29. The van der Waals surface area contributed by atoms with Crippen molar-refractivity contribution in [3.05, 3.63) is 52.2 Å². The molecule has 0 saturated heterocycles. The topological polar surface area (TPSA) is 32.3 Å². The van der Waals surface area contributed by atoms with Gasteiger partial charge in [0.15, 0.2) is 0 Å². The molecular formula is C15H19NOS. The number of thiophene rings is 1. The van der Waals surface area contributed by atoms with Gasteiger partial charge in [-0.15, -0.1) is 11.3 Å². The molecule has 1 aromatic carbocycles. The number of aromatic hydroxyl groups is 1. The van der Waals surface area contributed by atoms with Crippen LogP contribution in [-0.4, -0.2) is 17.7 Å². The Kier molecular flexibility index (Phi) is 4.79. The lowest BCUT2D eigenvalue weighted by Gasteiger charge is -2.17. The Hall–Kier alpha value is -1.32. The molecule has 2 nitrogen and oxygen atoms in total. The monoisotopic (exact) mass is 261 g/mol. The number of nitrogens with one attached hydrogen (secondary N) is 1. The number of rotatable bonds is 6. The highest BCUT2D eigenvalue weighted by atomic mass is 32.1. The van der Waals surface area contributed by atoms with Gasteiger partial charge < -0.3 is 10.4 Å². The van der Waals surface area contributed by atoms with Crippen molar-refractivity contribution in [1.82, 2.24) is 5.32 Å². The van der Waals surface area contributed by atoms with Gasteiger partial charge in [0.05, 0.1) is 0 Å². The van der Waals surface area contributed by atoms with Crippen molar-refractivity contribution in [1.29, 1.82) is 0 Å². The zero-order valence-corrected chi connectivity index (χ0v) is 11.4. The van der Waals surface area contributed by atoms with E-state index in [0.717, 1.165) is 19.4 Å². The van der Waals surface area contributed by atoms with Crippen molar-refractivity contribution in [3.63, 3.8) is 0 Å². The SMILES string of the molecule is CCNC(Cc1ccc(O)cc1)Cc1cccs1. The molecular weight excluding hydrogens is 242 g/mol. The van der Waals surface area contributed by atoms with Gasteiger partial charge in [0, 0.05) is 10.9 Å². The summed E-state index contributed by atoms with van der Waals surface area (Å²) in [6, 6.07) is 12.2. The molecule has 2 N–H and O–H groups in total. The molecule has 3 heteroatoms. The van der Waals surface area contributed by atoms with Crippen molar-refractivity contribution in [2.75, 3.05) is 6.54 Å². The lowest BCUT2D eigenvalue weighted by Crippen LogP contribution is -2.32. The van der Waals surface area contributed by atoms with E-state index in [1.54, 1.807) is 12.1 Å². The van der Waals surface area contributed by atoms with Crippen LogP contribution in [0.15, 0.2) is 41.8 Å². The van der Waals surface area contributed by atoms with Gasteiger partial charge in [-0.2, -0.15) is 0 Å². The zero-order chi connectivity index (χ0) is 12.8. The highest BCUT2D eigenvalue weighted by Gasteiger charge is 2.10. The summed E-state index contributed by atoms with van der Waals surface area (Å²) < 4.78 is 0. The van der Waals surface area contributed by atoms with Crippen molar-refractivity contribution in [2.45, 2.75) is 25.8 Å². The van der Waals surface area contributed by atoms with Crippen LogP contribution in [0.5, 0.6) is 5.75 Å². The highest BCUT2D eigenvalue weighted by Crippen LogP contribution is 2.15. The Morgan fingerprint density at radius 1 is 1.17 bits per heavy atom. The minimum absolute atomic E-state index is 0.331. The predicted octanol–water partition coefficient (Wildman–Crippen LogP) is 3.22. The predicted molar refractivity (Wildman–Crippen MR) is 77.3 cm³/mol. The van der Waals surface area contributed by atoms with Gasteiger partial charge in [-0.05, 0) is 48.5 Å². The van der Waals surface area contributed by atoms with E-state index in [1.807, 2.05) is 23.5 Å². The second-order valence-electron chi connectivity index (χ2n) is 4.41. The summed E-state index contributed by atoms with van der Waals surface area (Å²) in [7, 11) is 0. The van der Waals surface area contributed by atoms with Crippen molar-refractivity contribution in [2.24, 2.45) is 0 Å². The third-order valence-corrected chi connectivity index (χ3v) is 3.84. The molecule has 0 aliphatic rings. The minimum Gasteiger partial charge on any atom is -0.508 e. The standard InChI is InChI=1S/C15H19NOS/c1-2-16-13(11-15-4-3-9-18-15)10-12-5-7-14(17)8-6-12/h3-9,13,16-17H,2,10-11H2,1H3. The zero-order valence-electron chi connectivity index (χ0n) is 10.6. The molecule has 0 bridgehead atoms. The van der Waals surface area contributed by atoms with Crippen LogP contribution in [0.2, 0.25) is 0 Å². The molecule has 0 fully saturated rings. The quantitative estimate of drug-likeness (QED) is 0.837. The van der Waals surface area contributed by atoms with Crippen molar-refractivity contribution in [3.8, 4) is 5.75 Å². The van der Waals surface area contributed by atoms with Gasteiger partial charge in [0.2, 0.25) is 0 Å². The molecule has 18 heavy (non-hydrogen) atoms. The molecule has 1 aromatic heterocycles. The first-order valence-corrected chi connectivity index (χ1v) is 7.19. The van der Waals surface area contributed by atoms with Crippen LogP contribution in [0.1, 0.15) is 17.4 Å². The van der Waals surface area contributed by atoms with Gasteiger partial charge >= 0.3 is 0 Å². The van der Waals surface area contributed by atoms with Crippen LogP contribution >= 0.6 is 11.3 Å². The van der Waals surface area contributed by atoms with E-state index < -0.39 is 0 Å². The Bertz CT molecular complexity index is 450. The highest BCUT2D eigenvalue weighted by molar-refractivity contribution is 7.09. The fourth-order valence-electron chi connectivity index (χ4n) is 2.09. The molecule has 0 spiro atoms. The van der Waals surface area contributed by atoms with Crippen LogP contribution in [0, 0.1) is 0 Å². The molecule has 0 aliphatic heterocycles. The van der Waals surface area contributed by atoms with E-state index in [0.29, 0.717) is 11.8 Å². The first-order valence-electron chi connectivity index (χ1n) is 6.31. The minimum atomic E-state index is 0.331. The van der Waals surface area contributed by atoms with Crippen molar-refractivity contribution < 1.29 is 5.11 Å². The second-order valence-corrected chi connectivity index (χ2v) is 5.44. The van der Waals surface area contributed by atoms with E-state index in [1.165, 1.54) is 10.4 Å². The third kappa shape index (κ3) is 3.86. The summed E-state index contributed by atoms with van der Waals surface area (Å²) in [4.78, 5) is 1.42. The fourth-order valence-corrected chi connectivity index (χ4v) is 2.88. The van der Waals surface area contributed by atoms with E-state index in [4.69, 9.17) is 0 Å². The van der Waals surface area contributed by atoms with Gasteiger partial charge in [-0.25, -0.2) is 0 Å². The number of phenols is 1. The summed E-state index contributed by atoms with van der Waals surface area (Å²) in [5, 5.41) is 14.9. The fraction of sp³-hybridized carbons (Fsp3) is 0.333. The molecule has 1 atom stereocenters. The average Bonchev–Trinajstić information content (AvgIpc) is 2.85. The van der Waals surface area contributed by atoms with Crippen LogP contribution in [0.4, 0.5) is 0 Å². The summed E-state index contributed by atoms with van der Waals surface area (Å²) in [5.74, 6) is 0.331. The van der Waals surface area contributed by atoms with Crippen LogP contribution in [-0.2, 0) is 12.8 Å². The number of benzene rings is 1. The lowest BCUT2D eigenvalue weighted by atomic mass is 10.0. The first-order chi connectivity index (χ1) is 8.78. The maximum Gasteiger partial charge on any atom is 0.115 e. The van der Waals surface area contributed by atoms with Crippen LogP contribution in [0.25, 0.3) is 0 Å². The lowest BCUT2D eigenvalue weighted by molar-refractivity contribution is 0.474. The molecule has 1 heterocycles. The molecule has 0 saturated carbocycles. The van der Waals surface area contributed by atoms with Gasteiger partial charge in [0.25, 0.3) is 0 Å². The Morgan fingerprint density at radius 2 is 1.94 bits per heavy atom. The molecule has 1 unspecified atom stereocenters. The maximum absolute atomic E-state index is 9.29. The summed E-state index contributed by atoms with van der Waals surface area (Å²) in [6.45, 7) is 3.12. The molecule has 2 aromatic rings. The Balaban J connectivity index is 1.99. The van der Waals surface area contributed by atoms with Gasteiger partial charge in [0.1, 0.15) is 5.75 Å². The van der Waals surface area contributed by atoms with E-state index in [2.05, 4.69) is 29.8 Å². The summed E-state index contributed by atoms with van der Waals surface area (Å²) in [6.07, 6.45) is 2.05. The van der Waals surface area contributed by atoms with E-state index in [9.17, 15) is 5.11 Å².